The second-order valence-electron chi connectivity index (χ2n) is 9.63. The molecule has 3 aromatic carbocycles. The number of amides is 2. The van der Waals surface area contributed by atoms with Gasteiger partial charge < -0.3 is 5.32 Å². The van der Waals surface area contributed by atoms with Crippen LogP contribution >= 0.6 is 0 Å². The number of hydrogen-bond donors (Lipinski definition) is 2. The molecule has 0 atom stereocenters. The molecule has 0 unspecified atom stereocenters. The molecule has 1 aliphatic heterocycles. The van der Waals surface area contributed by atoms with Gasteiger partial charge in [0.2, 0.25) is 15.9 Å². The minimum Gasteiger partial charge on any atom is -0.322 e. The smallest absolute Gasteiger partial charge is 0.258 e. The summed E-state index contributed by atoms with van der Waals surface area (Å²) in [4.78, 5) is 25.3. The van der Waals surface area contributed by atoms with Crippen LogP contribution in [0.15, 0.2) is 76.7 Å². The predicted octanol–water partition coefficient (Wildman–Crippen LogP) is 4.64. The number of nitrogens with one attached hydrogen (secondary N) is 2. The summed E-state index contributed by atoms with van der Waals surface area (Å²) in [5.41, 5.74) is 5.91. The first kappa shape index (κ1) is 28.1. The van der Waals surface area contributed by atoms with Crippen molar-refractivity contribution in [1.82, 2.24) is 9.73 Å². The standard InChI is InChI=1S/C29H31FN4O4S/c1-19-8-9-20(2)27(18-19)39(37,38)34-16-14-23(15-17-34)28(35)33-32-21(3)22-10-12-24(13-11-22)31-29(36)25-6-4-5-7-26(25)30/h4-13,18,23H,14-17H2,1-3H3,(H,31,36)(H,33,35). The molecule has 1 fully saturated rings. The highest BCUT2D eigenvalue weighted by Crippen LogP contribution is 2.26. The number of aryl methyl sites for hydroxylation is 2. The van der Waals surface area contributed by atoms with Crippen molar-refractivity contribution in [1.29, 1.82) is 0 Å². The Morgan fingerprint density at radius 3 is 2.31 bits per heavy atom. The second-order valence-corrected chi connectivity index (χ2v) is 11.5. The molecule has 2 N–H and O–H groups in total. The van der Waals surface area contributed by atoms with Gasteiger partial charge in [0.25, 0.3) is 5.91 Å². The molecular formula is C29H31FN4O4S. The lowest BCUT2D eigenvalue weighted by molar-refractivity contribution is -0.126. The molecule has 0 spiro atoms. The highest BCUT2D eigenvalue weighted by molar-refractivity contribution is 7.89. The van der Waals surface area contributed by atoms with Gasteiger partial charge in [-0.05, 0) is 80.6 Å². The Kier molecular flexibility index (Phi) is 8.57. The number of nitrogens with zero attached hydrogens (tertiary/aromatic N) is 2. The van der Waals surface area contributed by atoms with Crippen LogP contribution in [0.3, 0.4) is 0 Å². The summed E-state index contributed by atoms with van der Waals surface area (Å²) in [7, 11) is -3.63. The minimum atomic E-state index is -3.63. The third-order valence-electron chi connectivity index (χ3n) is 6.80. The zero-order valence-corrected chi connectivity index (χ0v) is 22.9. The maximum Gasteiger partial charge on any atom is 0.258 e. The Morgan fingerprint density at radius 2 is 1.64 bits per heavy atom. The number of carbonyl (C=O) groups is 2. The molecule has 0 bridgehead atoms. The summed E-state index contributed by atoms with van der Waals surface area (Å²) in [6.07, 6.45) is 0.807. The highest BCUT2D eigenvalue weighted by Gasteiger charge is 2.33. The molecule has 0 aliphatic carbocycles. The van der Waals surface area contributed by atoms with Gasteiger partial charge in [0.05, 0.1) is 16.2 Å². The quantitative estimate of drug-likeness (QED) is 0.330. The lowest BCUT2D eigenvalue weighted by Gasteiger charge is -2.30. The molecule has 3 aromatic rings. The van der Waals surface area contributed by atoms with Crippen molar-refractivity contribution in [3.63, 3.8) is 0 Å². The zero-order valence-electron chi connectivity index (χ0n) is 22.1. The van der Waals surface area contributed by atoms with Crippen LogP contribution in [0.4, 0.5) is 10.1 Å². The maximum absolute atomic E-state index is 13.8. The van der Waals surface area contributed by atoms with Crippen molar-refractivity contribution in [2.75, 3.05) is 18.4 Å². The van der Waals surface area contributed by atoms with Gasteiger partial charge in [-0.1, -0.05) is 36.4 Å². The van der Waals surface area contributed by atoms with E-state index in [0.717, 1.165) is 11.1 Å². The first-order valence-electron chi connectivity index (χ1n) is 12.6. The van der Waals surface area contributed by atoms with Gasteiger partial charge >= 0.3 is 0 Å². The number of piperidine rings is 1. The van der Waals surface area contributed by atoms with Gasteiger partial charge in [-0.15, -0.1) is 0 Å². The van der Waals surface area contributed by atoms with Crippen molar-refractivity contribution in [2.45, 2.75) is 38.5 Å². The number of hydrogen-bond acceptors (Lipinski definition) is 5. The Balaban J connectivity index is 1.31. The molecular weight excluding hydrogens is 519 g/mol. The molecule has 0 saturated carbocycles. The van der Waals surface area contributed by atoms with Gasteiger partial charge in [-0.3, -0.25) is 9.59 Å². The third-order valence-corrected chi connectivity index (χ3v) is 8.84. The second kappa shape index (κ2) is 11.9. The lowest BCUT2D eigenvalue weighted by atomic mass is 9.98. The molecule has 0 aromatic heterocycles. The monoisotopic (exact) mass is 550 g/mol. The van der Waals surface area contributed by atoms with Crippen molar-refractivity contribution in [2.24, 2.45) is 11.0 Å². The summed E-state index contributed by atoms with van der Waals surface area (Å²) in [5.74, 6) is -1.75. The highest BCUT2D eigenvalue weighted by atomic mass is 32.2. The van der Waals surface area contributed by atoms with Crippen LogP contribution in [0, 0.1) is 25.6 Å². The van der Waals surface area contributed by atoms with E-state index in [0.29, 0.717) is 34.7 Å². The SMILES string of the molecule is CC(=NNC(=O)C1CCN(S(=O)(=O)c2cc(C)ccc2C)CC1)c1ccc(NC(=O)c2ccccc2F)cc1. The minimum absolute atomic E-state index is 0.0456. The molecule has 0 radical (unpaired) electrons. The van der Waals surface area contributed by atoms with Crippen molar-refractivity contribution in [3.05, 3.63) is 94.8 Å². The van der Waals surface area contributed by atoms with Crippen molar-refractivity contribution < 1.29 is 22.4 Å². The summed E-state index contributed by atoms with van der Waals surface area (Å²) in [6, 6.07) is 17.9. The largest absolute Gasteiger partial charge is 0.322 e. The Bertz CT molecular complexity index is 1510. The molecule has 2 amide bonds. The number of halogens is 1. The van der Waals surface area contributed by atoms with Crippen molar-refractivity contribution >= 4 is 33.2 Å². The fraction of sp³-hybridized carbons (Fsp3) is 0.276. The van der Waals surface area contributed by atoms with Gasteiger partial charge in [0, 0.05) is 24.7 Å². The van der Waals surface area contributed by atoms with E-state index < -0.39 is 21.7 Å². The van der Waals surface area contributed by atoms with Crippen LogP contribution in [0.25, 0.3) is 0 Å². The van der Waals surface area contributed by atoms with E-state index in [1.165, 1.54) is 22.5 Å². The lowest BCUT2D eigenvalue weighted by Crippen LogP contribution is -2.42. The van der Waals surface area contributed by atoms with Crippen molar-refractivity contribution in [3.8, 4) is 0 Å². The Labute approximate surface area is 228 Å². The predicted molar refractivity (Wildman–Crippen MR) is 149 cm³/mol. The van der Waals surface area contributed by atoms with Gasteiger partial charge in [0.15, 0.2) is 0 Å². The topological polar surface area (TPSA) is 108 Å². The molecule has 1 heterocycles. The van der Waals surface area contributed by atoms with E-state index in [1.54, 1.807) is 56.3 Å². The van der Waals surface area contributed by atoms with E-state index in [2.05, 4.69) is 15.8 Å². The van der Waals surface area contributed by atoms with E-state index in [4.69, 9.17) is 0 Å². The average molecular weight is 551 g/mol. The average Bonchev–Trinajstić information content (AvgIpc) is 2.93. The summed E-state index contributed by atoms with van der Waals surface area (Å²) in [6.45, 7) is 5.90. The van der Waals surface area contributed by atoms with Crippen LogP contribution in [0.2, 0.25) is 0 Å². The van der Waals surface area contributed by atoms with Crippen LogP contribution in [-0.2, 0) is 14.8 Å². The summed E-state index contributed by atoms with van der Waals surface area (Å²) < 4.78 is 41.6. The number of anilines is 1. The Hall–Kier alpha value is -3.89. The Morgan fingerprint density at radius 1 is 0.974 bits per heavy atom. The molecule has 204 valence electrons. The summed E-state index contributed by atoms with van der Waals surface area (Å²) >= 11 is 0. The summed E-state index contributed by atoms with van der Waals surface area (Å²) in [5, 5.41) is 6.86. The zero-order chi connectivity index (χ0) is 28.2. The van der Waals surface area contributed by atoms with E-state index in [-0.39, 0.29) is 30.5 Å². The number of carbonyl (C=O) groups excluding carboxylic acids is 2. The fourth-order valence-corrected chi connectivity index (χ4v) is 6.20. The fourth-order valence-electron chi connectivity index (χ4n) is 4.42. The first-order chi connectivity index (χ1) is 18.6. The number of sulfonamides is 1. The molecule has 1 aliphatic rings. The van der Waals surface area contributed by atoms with Crippen LogP contribution in [0.1, 0.15) is 46.8 Å². The van der Waals surface area contributed by atoms with Crippen LogP contribution < -0.4 is 10.7 Å². The van der Waals surface area contributed by atoms with E-state index in [9.17, 15) is 22.4 Å². The molecule has 10 heteroatoms. The molecule has 39 heavy (non-hydrogen) atoms. The molecule has 1 saturated heterocycles. The maximum atomic E-state index is 13.8. The first-order valence-corrected chi connectivity index (χ1v) is 14.1. The van der Waals surface area contributed by atoms with Crippen LogP contribution in [-0.4, -0.2) is 43.3 Å². The van der Waals surface area contributed by atoms with Gasteiger partial charge in [-0.2, -0.15) is 9.41 Å². The van der Waals surface area contributed by atoms with Gasteiger partial charge in [0.1, 0.15) is 5.82 Å². The van der Waals surface area contributed by atoms with E-state index >= 15 is 0 Å². The third kappa shape index (κ3) is 6.58. The number of benzene rings is 3. The van der Waals surface area contributed by atoms with E-state index in [1.807, 2.05) is 13.0 Å². The molecule has 4 rings (SSSR count). The number of rotatable bonds is 7. The van der Waals surface area contributed by atoms with Crippen LogP contribution in [0.5, 0.6) is 0 Å². The van der Waals surface area contributed by atoms with Gasteiger partial charge in [-0.25, -0.2) is 18.2 Å². The molecule has 8 nitrogen and oxygen atoms in total. The normalized spacial score (nSPS) is 15.1. The number of hydrazone groups is 1.